The van der Waals surface area contributed by atoms with Crippen LogP contribution in [0.15, 0.2) is 0 Å². The molecule has 0 aliphatic heterocycles. The third kappa shape index (κ3) is 2.86. The smallest absolute Gasteiger partial charge is 0.223 e. The molecule has 0 aliphatic rings. The maximum Gasteiger partial charge on any atom is 0.223 e. The van der Waals surface area contributed by atoms with Gasteiger partial charge in [0.05, 0.1) is 0 Å². The van der Waals surface area contributed by atoms with Gasteiger partial charge >= 0.3 is 0 Å². The largest absolute Gasteiger partial charge is 0.359 e. The van der Waals surface area contributed by atoms with Gasteiger partial charge in [-0.3, -0.25) is 4.79 Å². The van der Waals surface area contributed by atoms with Gasteiger partial charge < -0.3 is 5.32 Å². The molecule has 10 heavy (non-hydrogen) atoms. The second-order valence-electron chi connectivity index (χ2n) is 2.90. The van der Waals surface area contributed by atoms with E-state index in [2.05, 4.69) is 27.9 Å². The molecule has 0 aromatic heterocycles. The van der Waals surface area contributed by atoms with Crippen LogP contribution in [0.5, 0.6) is 0 Å². The highest BCUT2D eigenvalue weighted by atomic mass is 127. The molecule has 0 aromatic carbocycles. The van der Waals surface area contributed by atoms with Crippen LogP contribution in [0.4, 0.5) is 0 Å². The Morgan fingerprint density at radius 3 is 2.10 bits per heavy atom. The first-order valence-corrected chi connectivity index (χ1v) is 4.38. The highest BCUT2D eigenvalue weighted by molar-refractivity contribution is 14.1. The van der Waals surface area contributed by atoms with Gasteiger partial charge in [-0.25, -0.2) is 0 Å². The molecule has 0 saturated heterocycles. The SMILES string of the molecule is CNC(=O)C(C)C(C)(C)I. The topological polar surface area (TPSA) is 29.1 Å². The zero-order chi connectivity index (χ0) is 8.36. The molecule has 0 radical (unpaired) electrons. The van der Waals surface area contributed by atoms with E-state index in [1.807, 2.05) is 20.8 Å². The van der Waals surface area contributed by atoms with E-state index < -0.39 is 0 Å². The Morgan fingerprint density at radius 2 is 2.00 bits per heavy atom. The lowest BCUT2D eigenvalue weighted by Crippen LogP contribution is -2.35. The van der Waals surface area contributed by atoms with Crippen LogP contribution in [-0.4, -0.2) is 16.4 Å². The first-order chi connectivity index (χ1) is 4.39. The van der Waals surface area contributed by atoms with E-state index in [0.717, 1.165) is 0 Å². The van der Waals surface area contributed by atoms with Crippen LogP contribution < -0.4 is 5.32 Å². The summed E-state index contributed by atoms with van der Waals surface area (Å²) in [5.74, 6) is 0.178. The molecule has 60 valence electrons. The fraction of sp³-hybridized carbons (Fsp3) is 0.857. The van der Waals surface area contributed by atoms with Crippen LogP contribution in [0.2, 0.25) is 0 Å². The molecular weight excluding hydrogens is 241 g/mol. The molecule has 3 heteroatoms. The van der Waals surface area contributed by atoms with Gasteiger partial charge in [-0.15, -0.1) is 0 Å². The van der Waals surface area contributed by atoms with E-state index in [1.54, 1.807) is 7.05 Å². The van der Waals surface area contributed by atoms with Crippen molar-refractivity contribution in [3.63, 3.8) is 0 Å². The molecular formula is C7H14INO. The Kier molecular flexibility index (Phi) is 3.62. The van der Waals surface area contributed by atoms with Crippen molar-refractivity contribution < 1.29 is 4.79 Å². The van der Waals surface area contributed by atoms with Gasteiger partial charge in [-0.2, -0.15) is 0 Å². The van der Waals surface area contributed by atoms with Crippen molar-refractivity contribution in [2.75, 3.05) is 7.05 Å². The molecule has 0 aliphatic carbocycles. The Morgan fingerprint density at radius 1 is 1.60 bits per heavy atom. The number of alkyl halides is 1. The van der Waals surface area contributed by atoms with E-state index in [-0.39, 0.29) is 15.2 Å². The van der Waals surface area contributed by atoms with Crippen LogP contribution in [0.25, 0.3) is 0 Å². The summed E-state index contributed by atoms with van der Waals surface area (Å²) >= 11 is 2.28. The molecule has 0 saturated carbocycles. The van der Waals surface area contributed by atoms with Crippen molar-refractivity contribution in [1.82, 2.24) is 5.32 Å². The zero-order valence-corrected chi connectivity index (χ0v) is 9.02. The van der Waals surface area contributed by atoms with Crippen molar-refractivity contribution in [3.05, 3.63) is 0 Å². The number of carbonyl (C=O) groups excluding carboxylic acids is 1. The second-order valence-corrected chi connectivity index (χ2v) is 5.68. The average Bonchev–Trinajstić information content (AvgIpc) is 1.83. The number of hydrogen-bond donors (Lipinski definition) is 1. The molecule has 1 N–H and O–H groups in total. The third-order valence-corrected chi connectivity index (χ3v) is 2.60. The Labute approximate surface area is 75.9 Å². The molecule has 0 fully saturated rings. The molecule has 0 rings (SSSR count). The summed E-state index contributed by atoms with van der Waals surface area (Å²) in [4.78, 5) is 11.0. The van der Waals surface area contributed by atoms with Crippen LogP contribution >= 0.6 is 22.6 Å². The number of hydrogen-bond acceptors (Lipinski definition) is 1. The summed E-state index contributed by atoms with van der Waals surface area (Å²) < 4.78 is 0.0395. The lowest BCUT2D eigenvalue weighted by Gasteiger charge is -2.23. The molecule has 0 heterocycles. The number of amides is 1. The summed E-state index contributed by atoms with van der Waals surface area (Å²) in [6.45, 7) is 6.03. The lowest BCUT2D eigenvalue weighted by molar-refractivity contribution is -0.124. The summed E-state index contributed by atoms with van der Waals surface area (Å²) in [5.41, 5.74) is 0. The van der Waals surface area contributed by atoms with Crippen molar-refractivity contribution in [2.24, 2.45) is 5.92 Å². The predicted octanol–water partition coefficient (Wildman–Crippen LogP) is 1.58. The minimum atomic E-state index is 0.0395. The number of carbonyl (C=O) groups is 1. The average molecular weight is 255 g/mol. The monoisotopic (exact) mass is 255 g/mol. The van der Waals surface area contributed by atoms with Crippen molar-refractivity contribution in [2.45, 2.75) is 24.2 Å². The molecule has 1 amide bonds. The van der Waals surface area contributed by atoms with Gasteiger partial charge in [-0.05, 0) is 0 Å². The Bertz CT molecular complexity index is 128. The minimum absolute atomic E-state index is 0.0395. The second kappa shape index (κ2) is 3.55. The van der Waals surface area contributed by atoms with E-state index in [9.17, 15) is 4.79 Å². The minimum Gasteiger partial charge on any atom is -0.359 e. The van der Waals surface area contributed by atoms with Gasteiger partial charge in [0.25, 0.3) is 0 Å². The van der Waals surface area contributed by atoms with E-state index in [1.165, 1.54) is 0 Å². The van der Waals surface area contributed by atoms with Crippen LogP contribution in [0, 0.1) is 5.92 Å². The number of nitrogens with one attached hydrogen (secondary N) is 1. The van der Waals surface area contributed by atoms with E-state index in [4.69, 9.17) is 0 Å². The van der Waals surface area contributed by atoms with Crippen LogP contribution in [0.3, 0.4) is 0 Å². The first kappa shape index (κ1) is 10.2. The van der Waals surface area contributed by atoms with E-state index in [0.29, 0.717) is 0 Å². The predicted molar refractivity (Wildman–Crippen MR) is 51.3 cm³/mol. The van der Waals surface area contributed by atoms with Crippen molar-refractivity contribution in [3.8, 4) is 0 Å². The molecule has 1 unspecified atom stereocenters. The highest BCUT2D eigenvalue weighted by Gasteiger charge is 2.27. The maximum atomic E-state index is 11.0. The lowest BCUT2D eigenvalue weighted by atomic mass is 9.97. The fourth-order valence-electron chi connectivity index (χ4n) is 0.528. The van der Waals surface area contributed by atoms with Gasteiger partial charge in [0, 0.05) is 16.4 Å². The summed E-state index contributed by atoms with van der Waals surface area (Å²) in [6.07, 6.45) is 0. The van der Waals surface area contributed by atoms with Gasteiger partial charge in [0.1, 0.15) is 0 Å². The summed E-state index contributed by atoms with van der Waals surface area (Å²) in [6, 6.07) is 0. The highest BCUT2D eigenvalue weighted by Crippen LogP contribution is 2.26. The van der Waals surface area contributed by atoms with Gasteiger partial charge in [0.15, 0.2) is 0 Å². The summed E-state index contributed by atoms with van der Waals surface area (Å²) in [7, 11) is 1.67. The Balaban J connectivity index is 4.08. The first-order valence-electron chi connectivity index (χ1n) is 3.30. The number of halogens is 1. The fourth-order valence-corrected chi connectivity index (χ4v) is 0.811. The molecule has 1 atom stereocenters. The van der Waals surface area contributed by atoms with E-state index >= 15 is 0 Å². The number of rotatable bonds is 2. The normalized spacial score (nSPS) is 14.5. The molecule has 2 nitrogen and oxygen atoms in total. The van der Waals surface area contributed by atoms with Crippen LogP contribution in [0.1, 0.15) is 20.8 Å². The maximum absolute atomic E-state index is 11.0. The standard InChI is InChI=1S/C7H14INO/c1-5(6(10)9-4)7(2,3)8/h5H,1-4H3,(H,9,10). The molecule has 0 spiro atoms. The van der Waals surface area contributed by atoms with Crippen LogP contribution in [-0.2, 0) is 4.79 Å². The zero-order valence-electron chi connectivity index (χ0n) is 6.86. The quantitative estimate of drug-likeness (QED) is 0.589. The van der Waals surface area contributed by atoms with Crippen molar-refractivity contribution >= 4 is 28.5 Å². The third-order valence-electron chi connectivity index (χ3n) is 1.67. The Hall–Kier alpha value is 0.200. The molecule has 0 aromatic rings. The van der Waals surface area contributed by atoms with Gasteiger partial charge in [0.2, 0.25) is 5.91 Å². The van der Waals surface area contributed by atoms with Gasteiger partial charge in [-0.1, -0.05) is 43.4 Å². The summed E-state index contributed by atoms with van der Waals surface area (Å²) in [5, 5.41) is 2.63. The van der Waals surface area contributed by atoms with Crippen molar-refractivity contribution in [1.29, 1.82) is 0 Å². The molecule has 0 bridgehead atoms.